The number of nitrogens with one attached hydrogen (secondary N) is 2. The average Bonchev–Trinajstić information content (AvgIpc) is 3.08. The zero-order chi connectivity index (χ0) is 19.5. The zero-order valence-corrected chi connectivity index (χ0v) is 16.5. The molecule has 1 amide bonds. The van der Waals surface area contributed by atoms with Gasteiger partial charge < -0.3 is 9.72 Å². The van der Waals surface area contributed by atoms with Crippen LogP contribution in [0.1, 0.15) is 46.9 Å². The number of nitrogens with zero attached hydrogens (tertiary/aromatic N) is 1. The maximum Gasteiger partial charge on any atom is 0.271 e. The third kappa shape index (κ3) is 3.76. The molecule has 0 radical (unpaired) electrons. The number of aromatic amines is 1. The van der Waals surface area contributed by atoms with Crippen molar-refractivity contribution < 1.29 is 9.53 Å². The summed E-state index contributed by atoms with van der Waals surface area (Å²) in [4.78, 5) is 16.0. The first-order valence-corrected chi connectivity index (χ1v) is 9.92. The SMILES string of the molecule is CCOc1ccc(/C=N\NC(=O)c2ccc3[nH]c4c(c3c2)CCCC4)cc1Cl. The Labute approximate surface area is 168 Å². The summed E-state index contributed by atoms with van der Waals surface area (Å²) in [6, 6.07) is 11.1. The van der Waals surface area contributed by atoms with E-state index in [1.54, 1.807) is 18.3 Å². The second kappa shape index (κ2) is 8.07. The monoisotopic (exact) mass is 395 g/mol. The smallest absolute Gasteiger partial charge is 0.271 e. The van der Waals surface area contributed by atoms with Gasteiger partial charge in [0.1, 0.15) is 5.75 Å². The van der Waals surface area contributed by atoms with Crippen LogP contribution in [0.15, 0.2) is 41.5 Å². The number of hydrogen-bond donors (Lipinski definition) is 2. The molecule has 4 rings (SSSR count). The van der Waals surface area contributed by atoms with Gasteiger partial charge in [-0.1, -0.05) is 11.6 Å². The molecule has 2 N–H and O–H groups in total. The van der Waals surface area contributed by atoms with Crippen molar-refractivity contribution in [2.75, 3.05) is 6.61 Å². The van der Waals surface area contributed by atoms with Gasteiger partial charge in [-0.05, 0) is 80.1 Å². The number of ether oxygens (including phenoxy) is 1. The molecule has 1 aromatic heterocycles. The van der Waals surface area contributed by atoms with Crippen LogP contribution in [0.3, 0.4) is 0 Å². The Morgan fingerprint density at radius 1 is 1.25 bits per heavy atom. The summed E-state index contributed by atoms with van der Waals surface area (Å²) in [7, 11) is 0. The van der Waals surface area contributed by atoms with Crippen molar-refractivity contribution in [3.63, 3.8) is 0 Å². The minimum atomic E-state index is -0.235. The summed E-state index contributed by atoms with van der Waals surface area (Å²) < 4.78 is 5.41. The van der Waals surface area contributed by atoms with Gasteiger partial charge >= 0.3 is 0 Å². The Hall–Kier alpha value is -2.79. The molecule has 1 aliphatic carbocycles. The van der Waals surface area contributed by atoms with E-state index in [4.69, 9.17) is 16.3 Å². The van der Waals surface area contributed by atoms with Crippen molar-refractivity contribution in [2.45, 2.75) is 32.6 Å². The first-order valence-electron chi connectivity index (χ1n) is 9.55. The maximum atomic E-state index is 12.5. The summed E-state index contributed by atoms with van der Waals surface area (Å²) in [5, 5.41) is 5.71. The standard InChI is InChI=1S/C22H22ClN3O2/c1-2-28-21-10-7-14(11-18(21)23)13-24-26-22(27)15-8-9-20-17(12-15)16-5-3-4-6-19(16)25-20/h7-13,25H,2-6H2,1H3,(H,26,27)/b24-13-. The van der Waals surface area contributed by atoms with Gasteiger partial charge in [0.05, 0.1) is 17.8 Å². The minimum Gasteiger partial charge on any atom is -0.492 e. The van der Waals surface area contributed by atoms with E-state index < -0.39 is 0 Å². The molecular formula is C22H22ClN3O2. The van der Waals surface area contributed by atoms with Crippen LogP contribution in [0.25, 0.3) is 10.9 Å². The number of aromatic nitrogens is 1. The number of benzene rings is 2. The quantitative estimate of drug-likeness (QED) is 0.478. The summed E-state index contributed by atoms with van der Waals surface area (Å²) >= 11 is 6.17. The number of fused-ring (bicyclic) bond motifs is 3. The lowest BCUT2D eigenvalue weighted by Gasteiger charge is -2.10. The summed E-state index contributed by atoms with van der Waals surface area (Å²) in [6.45, 7) is 2.46. The van der Waals surface area contributed by atoms with Gasteiger partial charge in [-0.3, -0.25) is 4.79 Å². The number of aryl methyl sites for hydroxylation is 2. The lowest BCUT2D eigenvalue weighted by Crippen LogP contribution is -2.17. The van der Waals surface area contributed by atoms with E-state index in [1.165, 1.54) is 24.1 Å². The third-order valence-electron chi connectivity index (χ3n) is 5.00. The molecule has 28 heavy (non-hydrogen) atoms. The highest BCUT2D eigenvalue weighted by Gasteiger charge is 2.16. The van der Waals surface area contributed by atoms with Crippen LogP contribution in [-0.4, -0.2) is 23.7 Å². The lowest BCUT2D eigenvalue weighted by molar-refractivity contribution is 0.0955. The normalized spacial score (nSPS) is 13.6. The molecule has 2 aromatic carbocycles. The van der Waals surface area contributed by atoms with Crippen LogP contribution in [0.4, 0.5) is 0 Å². The van der Waals surface area contributed by atoms with E-state index in [-0.39, 0.29) is 5.91 Å². The Balaban J connectivity index is 1.47. The Kier molecular flexibility index (Phi) is 5.35. The number of carbonyl (C=O) groups excluding carboxylic acids is 1. The second-order valence-corrected chi connectivity index (χ2v) is 7.28. The number of amides is 1. The number of hydrazone groups is 1. The van der Waals surface area contributed by atoms with E-state index in [9.17, 15) is 4.79 Å². The molecule has 5 nitrogen and oxygen atoms in total. The highest BCUT2D eigenvalue weighted by molar-refractivity contribution is 6.32. The van der Waals surface area contributed by atoms with Gasteiger partial charge in [-0.25, -0.2) is 5.43 Å². The molecule has 0 saturated carbocycles. The Morgan fingerprint density at radius 3 is 2.93 bits per heavy atom. The minimum absolute atomic E-state index is 0.235. The first-order chi connectivity index (χ1) is 13.7. The van der Waals surface area contributed by atoms with Gasteiger partial charge in [0.25, 0.3) is 5.91 Å². The molecule has 0 atom stereocenters. The Morgan fingerprint density at radius 2 is 2.11 bits per heavy atom. The topological polar surface area (TPSA) is 66.5 Å². The van der Waals surface area contributed by atoms with Crippen molar-refractivity contribution >= 4 is 34.6 Å². The number of halogens is 1. The van der Waals surface area contributed by atoms with E-state index in [0.29, 0.717) is 22.9 Å². The van der Waals surface area contributed by atoms with E-state index in [2.05, 4.69) is 15.5 Å². The van der Waals surface area contributed by atoms with Crippen LogP contribution in [0.5, 0.6) is 5.75 Å². The average molecular weight is 396 g/mol. The summed E-state index contributed by atoms with van der Waals surface area (Å²) in [6.07, 6.45) is 6.14. The molecule has 1 aliphatic rings. The molecule has 0 saturated heterocycles. The van der Waals surface area contributed by atoms with Gasteiger partial charge in [0, 0.05) is 22.2 Å². The number of H-pyrrole nitrogens is 1. The highest BCUT2D eigenvalue weighted by atomic mass is 35.5. The number of rotatable bonds is 5. The van der Waals surface area contributed by atoms with Gasteiger partial charge in [0.2, 0.25) is 0 Å². The third-order valence-corrected chi connectivity index (χ3v) is 5.29. The molecule has 0 unspecified atom stereocenters. The number of hydrogen-bond acceptors (Lipinski definition) is 3. The van der Waals surface area contributed by atoms with Gasteiger partial charge in [0.15, 0.2) is 0 Å². The summed E-state index contributed by atoms with van der Waals surface area (Å²) in [5.41, 5.74) is 7.72. The molecule has 1 heterocycles. The molecule has 0 fully saturated rings. The lowest BCUT2D eigenvalue weighted by atomic mass is 9.95. The van der Waals surface area contributed by atoms with E-state index >= 15 is 0 Å². The zero-order valence-electron chi connectivity index (χ0n) is 15.7. The first kappa shape index (κ1) is 18.6. The van der Waals surface area contributed by atoms with Crippen molar-refractivity contribution in [1.82, 2.24) is 10.4 Å². The van der Waals surface area contributed by atoms with Crippen molar-refractivity contribution in [1.29, 1.82) is 0 Å². The Bertz CT molecular complexity index is 1060. The fourth-order valence-electron chi connectivity index (χ4n) is 3.65. The molecule has 0 spiro atoms. The molecular weight excluding hydrogens is 374 g/mol. The van der Waals surface area contributed by atoms with Gasteiger partial charge in [-0.2, -0.15) is 5.10 Å². The maximum absolute atomic E-state index is 12.5. The van der Waals surface area contributed by atoms with Crippen molar-refractivity contribution in [3.05, 3.63) is 63.8 Å². The highest BCUT2D eigenvalue weighted by Crippen LogP contribution is 2.29. The van der Waals surface area contributed by atoms with Crippen molar-refractivity contribution in [3.8, 4) is 5.75 Å². The molecule has 3 aromatic rings. The van der Waals surface area contributed by atoms with Crippen LogP contribution < -0.4 is 10.2 Å². The van der Waals surface area contributed by atoms with Crippen LogP contribution in [-0.2, 0) is 12.8 Å². The van der Waals surface area contributed by atoms with Gasteiger partial charge in [-0.15, -0.1) is 0 Å². The largest absolute Gasteiger partial charge is 0.492 e. The predicted octanol–water partition coefficient (Wildman–Crippen LogP) is 4.86. The molecule has 0 aliphatic heterocycles. The predicted molar refractivity (Wildman–Crippen MR) is 113 cm³/mol. The number of carbonyl (C=O) groups is 1. The van der Waals surface area contributed by atoms with Crippen molar-refractivity contribution in [2.24, 2.45) is 5.10 Å². The molecule has 144 valence electrons. The van der Waals surface area contributed by atoms with Crippen LogP contribution in [0.2, 0.25) is 5.02 Å². The molecule has 0 bridgehead atoms. The fraction of sp³-hybridized carbons (Fsp3) is 0.273. The van der Waals surface area contributed by atoms with E-state index in [1.807, 2.05) is 31.2 Å². The van der Waals surface area contributed by atoms with Crippen LogP contribution in [0, 0.1) is 0 Å². The molecule has 6 heteroatoms. The van der Waals surface area contributed by atoms with Crippen LogP contribution >= 0.6 is 11.6 Å². The van der Waals surface area contributed by atoms with E-state index in [0.717, 1.165) is 29.3 Å². The second-order valence-electron chi connectivity index (χ2n) is 6.87. The fourth-order valence-corrected chi connectivity index (χ4v) is 3.89. The summed E-state index contributed by atoms with van der Waals surface area (Å²) in [5.74, 6) is 0.398.